The molecule has 0 fully saturated rings. The number of hydrogen-bond acceptors (Lipinski definition) is 2. The van der Waals surface area contributed by atoms with Crippen LogP contribution in [0.4, 0.5) is 13.2 Å². The van der Waals surface area contributed by atoms with Crippen molar-refractivity contribution in [1.29, 1.82) is 0 Å². The zero-order valence-corrected chi connectivity index (χ0v) is 12.1. The second-order valence-corrected chi connectivity index (χ2v) is 5.17. The number of aryl methyl sites for hydroxylation is 1. The maximum atomic E-state index is 12.9. The minimum absolute atomic E-state index is 0.00173. The van der Waals surface area contributed by atoms with Gasteiger partial charge in [0.2, 0.25) is 0 Å². The third-order valence-electron chi connectivity index (χ3n) is 3.30. The van der Waals surface area contributed by atoms with Crippen LogP contribution in [0, 0.1) is 0 Å². The molecule has 3 aromatic rings. The zero-order chi connectivity index (χ0) is 16.1. The van der Waals surface area contributed by atoms with Gasteiger partial charge >= 0.3 is 6.18 Å². The van der Waals surface area contributed by atoms with Gasteiger partial charge in [0.25, 0.3) is 0 Å². The Labute approximate surface area is 130 Å². The lowest BCUT2D eigenvalue weighted by molar-refractivity contribution is -0.137. The minimum Gasteiger partial charge on any atom is -0.326 e. The molecule has 8 heteroatoms. The Kier molecular flexibility index (Phi) is 3.40. The van der Waals surface area contributed by atoms with E-state index in [1.807, 2.05) is 0 Å². The Balaban J connectivity index is 2.30. The Bertz CT molecular complexity index is 874. The first kappa shape index (κ1) is 14.9. The average molecular weight is 321 g/mol. The minimum atomic E-state index is -4.48. The van der Waals surface area contributed by atoms with Gasteiger partial charge in [-0.15, -0.1) is 0 Å². The van der Waals surface area contributed by atoms with Crippen LogP contribution in [0.3, 0.4) is 0 Å². The Hall–Kier alpha value is -2.02. The highest BCUT2D eigenvalue weighted by molar-refractivity contribution is 6.38. The number of nitrogens with zero attached hydrogens (tertiary/aromatic N) is 3. The van der Waals surface area contributed by atoms with Crippen molar-refractivity contribution in [2.24, 2.45) is 7.05 Å². The molecular formula is C14H8BClF3N3. The van der Waals surface area contributed by atoms with Gasteiger partial charge in [-0.05, 0) is 18.2 Å². The SMILES string of the molecule is [B]c1cc(C(F)(F)F)cc2nc(-c3ncccc3Cl)n(C)c12. The van der Waals surface area contributed by atoms with Gasteiger partial charge in [-0.2, -0.15) is 13.2 Å². The lowest BCUT2D eigenvalue weighted by Crippen LogP contribution is -2.14. The van der Waals surface area contributed by atoms with Crippen LogP contribution in [0.5, 0.6) is 0 Å². The highest BCUT2D eigenvalue weighted by Crippen LogP contribution is 2.32. The summed E-state index contributed by atoms with van der Waals surface area (Å²) in [5, 5.41) is 0.357. The molecule has 0 spiro atoms. The maximum Gasteiger partial charge on any atom is 0.416 e. The highest BCUT2D eigenvalue weighted by Gasteiger charge is 2.31. The summed E-state index contributed by atoms with van der Waals surface area (Å²) in [5.74, 6) is 0.353. The summed E-state index contributed by atoms with van der Waals surface area (Å²) in [7, 11) is 7.42. The molecule has 110 valence electrons. The molecule has 0 amide bonds. The molecule has 0 unspecified atom stereocenters. The van der Waals surface area contributed by atoms with E-state index in [1.165, 1.54) is 6.20 Å². The third-order valence-corrected chi connectivity index (χ3v) is 3.60. The molecule has 2 heterocycles. The van der Waals surface area contributed by atoms with Gasteiger partial charge in [0.1, 0.15) is 13.5 Å². The standard InChI is InChI=1S/C14H8BClF3N3/c1-22-12-8(15)5-7(14(17,18)19)6-10(12)21-13(22)11-9(16)3-2-4-20-11/h2-6H,1H3. The molecule has 2 radical (unpaired) electrons. The molecular weight excluding hydrogens is 313 g/mol. The van der Waals surface area contributed by atoms with E-state index in [0.717, 1.165) is 12.1 Å². The zero-order valence-electron chi connectivity index (χ0n) is 11.3. The molecule has 0 N–H and O–H groups in total. The molecule has 0 aliphatic rings. The van der Waals surface area contributed by atoms with Gasteiger partial charge in [0.05, 0.1) is 21.6 Å². The number of pyridine rings is 1. The van der Waals surface area contributed by atoms with Crippen molar-refractivity contribution < 1.29 is 13.2 Å². The van der Waals surface area contributed by atoms with Crippen LogP contribution in [-0.4, -0.2) is 22.4 Å². The summed E-state index contributed by atoms with van der Waals surface area (Å²) >= 11 is 6.07. The molecule has 2 aromatic heterocycles. The number of fused-ring (bicyclic) bond motifs is 1. The lowest BCUT2D eigenvalue weighted by atomic mass is 9.92. The van der Waals surface area contributed by atoms with E-state index < -0.39 is 11.7 Å². The number of benzene rings is 1. The number of rotatable bonds is 1. The van der Waals surface area contributed by atoms with Crippen LogP contribution in [0.25, 0.3) is 22.6 Å². The summed E-state index contributed by atoms with van der Waals surface area (Å²) < 4.78 is 40.2. The number of hydrogen-bond donors (Lipinski definition) is 0. The Morgan fingerprint density at radius 3 is 2.64 bits per heavy atom. The van der Waals surface area contributed by atoms with E-state index in [1.54, 1.807) is 23.7 Å². The smallest absolute Gasteiger partial charge is 0.326 e. The molecule has 1 aromatic carbocycles. The van der Waals surface area contributed by atoms with Gasteiger partial charge < -0.3 is 4.57 Å². The van der Waals surface area contributed by atoms with Crippen LogP contribution >= 0.6 is 11.6 Å². The maximum absolute atomic E-state index is 12.9. The first-order valence-electron chi connectivity index (χ1n) is 6.23. The number of halogens is 4. The van der Waals surface area contributed by atoms with Gasteiger partial charge in [0.15, 0.2) is 5.82 Å². The van der Waals surface area contributed by atoms with E-state index >= 15 is 0 Å². The van der Waals surface area contributed by atoms with Gasteiger partial charge in [-0.3, -0.25) is 4.98 Å². The molecule has 22 heavy (non-hydrogen) atoms. The van der Waals surface area contributed by atoms with Crippen LogP contribution in [0.2, 0.25) is 5.02 Å². The first-order valence-corrected chi connectivity index (χ1v) is 6.61. The fourth-order valence-electron chi connectivity index (χ4n) is 2.31. The van der Waals surface area contributed by atoms with Crippen molar-refractivity contribution in [3.8, 4) is 11.5 Å². The van der Waals surface area contributed by atoms with E-state index in [0.29, 0.717) is 22.1 Å². The fraction of sp³-hybridized carbons (Fsp3) is 0.143. The molecule has 0 aliphatic heterocycles. The topological polar surface area (TPSA) is 30.7 Å². The van der Waals surface area contributed by atoms with Crippen molar-refractivity contribution >= 4 is 35.9 Å². The second kappa shape index (κ2) is 5.02. The van der Waals surface area contributed by atoms with Crippen LogP contribution in [0.1, 0.15) is 5.56 Å². The molecule has 0 aliphatic carbocycles. The van der Waals surface area contributed by atoms with Crippen molar-refractivity contribution in [2.45, 2.75) is 6.18 Å². The second-order valence-electron chi connectivity index (χ2n) is 4.76. The summed E-state index contributed by atoms with van der Waals surface area (Å²) in [4.78, 5) is 8.34. The molecule has 0 bridgehead atoms. The van der Waals surface area contributed by atoms with Crippen molar-refractivity contribution in [3.05, 3.63) is 41.0 Å². The van der Waals surface area contributed by atoms with E-state index in [-0.39, 0.29) is 11.0 Å². The number of imidazole rings is 1. The summed E-state index contributed by atoms with van der Waals surface area (Å²) in [6, 6.07) is 5.15. The van der Waals surface area contributed by atoms with Crippen molar-refractivity contribution in [1.82, 2.24) is 14.5 Å². The Morgan fingerprint density at radius 2 is 2.00 bits per heavy atom. The summed E-state index contributed by atoms with van der Waals surface area (Å²) in [6.45, 7) is 0. The molecule has 0 atom stereocenters. The van der Waals surface area contributed by atoms with Crippen LogP contribution in [-0.2, 0) is 13.2 Å². The highest BCUT2D eigenvalue weighted by atomic mass is 35.5. The quantitative estimate of drug-likeness (QED) is 0.645. The monoisotopic (exact) mass is 321 g/mol. The Morgan fingerprint density at radius 1 is 1.27 bits per heavy atom. The average Bonchev–Trinajstić information content (AvgIpc) is 2.76. The summed E-state index contributed by atoms with van der Waals surface area (Å²) in [6.07, 6.45) is -2.95. The van der Waals surface area contributed by atoms with Crippen LogP contribution in [0.15, 0.2) is 30.5 Å². The van der Waals surface area contributed by atoms with Gasteiger partial charge in [-0.25, -0.2) is 4.98 Å². The number of alkyl halides is 3. The number of aromatic nitrogens is 3. The van der Waals surface area contributed by atoms with E-state index in [9.17, 15) is 13.2 Å². The van der Waals surface area contributed by atoms with Gasteiger partial charge in [-0.1, -0.05) is 23.1 Å². The fourth-order valence-corrected chi connectivity index (χ4v) is 2.52. The van der Waals surface area contributed by atoms with Crippen molar-refractivity contribution in [3.63, 3.8) is 0 Å². The third kappa shape index (κ3) is 2.35. The lowest BCUT2D eigenvalue weighted by Gasteiger charge is -2.09. The normalized spacial score (nSPS) is 12.0. The summed E-state index contributed by atoms with van der Waals surface area (Å²) in [5.41, 5.74) is 0.0967. The molecule has 0 saturated heterocycles. The predicted octanol–water partition coefficient (Wildman–Crippen LogP) is 3.10. The first-order chi connectivity index (χ1) is 10.3. The molecule has 3 rings (SSSR count). The van der Waals surface area contributed by atoms with E-state index in [2.05, 4.69) is 9.97 Å². The van der Waals surface area contributed by atoms with Crippen LogP contribution < -0.4 is 5.46 Å². The van der Waals surface area contributed by atoms with Crippen molar-refractivity contribution in [2.75, 3.05) is 0 Å². The van der Waals surface area contributed by atoms with Gasteiger partial charge in [0, 0.05) is 13.2 Å². The van der Waals surface area contributed by atoms with E-state index in [4.69, 9.17) is 19.4 Å². The largest absolute Gasteiger partial charge is 0.416 e. The molecule has 3 nitrogen and oxygen atoms in total. The molecule has 0 saturated carbocycles. The predicted molar refractivity (Wildman–Crippen MR) is 79.3 cm³/mol.